The third-order valence-electron chi connectivity index (χ3n) is 3.29. The third kappa shape index (κ3) is 3.64. The van der Waals surface area contributed by atoms with Gasteiger partial charge in [0.05, 0.1) is 28.7 Å². The fourth-order valence-electron chi connectivity index (χ4n) is 2.21. The summed E-state index contributed by atoms with van der Waals surface area (Å²) in [5.41, 5.74) is 2.94. The molecule has 1 heterocycles. The first-order valence-corrected chi connectivity index (χ1v) is 6.70. The van der Waals surface area contributed by atoms with Crippen molar-refractivity contribution < 1.29 is 27.6 Å². The second kappa shape index (κ2) is 6.20. The van der Waals surface area contributed by atoms with Gasteiger partial charge >= 0.3 is 6.18 Å². The number of anilines is 1. The van der Waals surface area contributed by atoms with Crippen molar-refractivity contribution in [2.24, 2.45) is 5.73 Å². The molecule has 1 aliphatic rings. The molecular weight excluding hydrogens is 343 g/mol. The van der Waals surface area contributed by atoms with Crippen LogP contribution in [0.15, 0.2) is 12.1 Å². The van der Waals surface area contributed by atoms with Crippen molar-refractivity contribution in [3.05, 3.63) is 32.8 Å². The summed E-state index contributed by atoms with van der Waals surface area (Å²) >= 11 is 5.62. The molecule has 1 amide bonds. The zero-order valence-electron chi connectivity index (χ0n) is 11.5. The van der Waals surface area contributed by atoms with E-state index in [2.05, 4.69) is 0 Å². The van der Waals surface area contributed by atoms with Crippen LogP contribution in [-0.2, 0) is 15.7 Å². The number of hydrogen-bond acceptors (Lipinski definition) is 5. The number of nitrogens with two attached hydrogens (primary N) is 1. The van der Waals surface area contributed by atoms with E-state index in [0.29, 0.717) is 6.07 Å². The van der Waals surface area contributed by atoms with Crippen LogP contribution in [0.4, 0.5) is 24.5 Å². The Morgan fingerprint density at radius 1 is 1.48 bits per heavy atom. The molecule has 0 spiro atoms. The van der Waals surface area contributed by atoms with E-state index < -0.39 is 39.4 Å². The highest BCUT2D eigenvalue weighted by Gasteiger charge is 2.37. The number of alkyl halides is 3. The van der Waals surface area contributed by atoms with E-state index in [1.807, 2.05) is 0 Å². The zero-order chi connectivity index (χ0) is 17.4. The van der Waals surface area contributed by atoms with Crippen LogP contribution in [0, 0.1) is 10.1 Å². The lowest BCUT2D eigenvalue weighted by Gasteiger charge is -2.33. The molecule has 0 saturated carbocycles. The van der Waals surface area contributed by atoms with Gasteiger partial charge in [-0.15, -0.1) is 0 Å². The van der Waals surface area contributed by atoms with Gasteiger partial charge in [0, 0.05) is 12.6 Å². The molecule has 0 bridgehead atoms. The van der Waals surface area contributed by atoms with Gasteiger partial charge in [0.1, 0.15) is 5.69 Å². The molecule has 11 heteroatoms. The first-order chi connectivity index (χ1) is 10.6. The van der Waals surface area contributed by atoms with Gasteiger partial charge in [-0.05, 0) is 6.07 Å². The minimum Gasteiger partial charge on any atom is -0.367 e. The number of ether oxygens (including phenoxy) is 1. The maximum Gasteiger partial charge on any atom is 0.418 e. The Hall–Kier alpha value is -2.07. The average Bonchev–Trinajstić information content (AvgIpc) is 2.45. The first-order valence-electron chi connectivity index (χ1n) is 6.32. The monoisotopic (exact) mass is 353 g/mol. The average molecular weight is 354 g/mol. The maximum atomic E-state index is 12.8. The van der Waals surface area contributed by atoms with E-state index in [-0.39, 0.29) is 25.4 Å². The second-order valence-electron chi connectivity index (χ2n) is 4.78. The summed E-state index contributed by atoms with van der Waals surface area (Å²) in [4.78, 5) is 22.7. The lowest BCUT2D eigenvalue weighted by Crippen LogP contribution is -2.48. The largest absolute Gasteiger partial charge is 0.418 e. The second-order valence-corrected chi connectivity index (χ2v) is 5.19. The normalized spacial score (nSPS) is 18.8. The smallest absolute Gasteiger partial charge is 0.367 e. The number of nitro benzene ring substituents is 1. The molecule has 2 rings (SSSR count). The lowest BCUT2D eigenvalue weighted by atomic mass is 10.1. The minimum absolute atomic E-state index is 0.0450. The van der Waals surface area contributed by atoms with Crippen molar-refractivity contribution in [2.75, 3.05) is 24.6 Å². The fraction of sp³-hybridized carbons (Fsp3) is 0.417. The first kappa shape index (κ1) is 17.3. The summed E-state index contributed by atoms with van der Waals surface area (Å²) in [7, 11) is 0. The molecule has 1 fully saturated rings. The lowest BCUT2D eigenvalue weighted by molar-refractivity contribution is -0.384. The Labute approximate surface area is 132 Å². The standard InChI is InChI=1S/C12H11ClF3N3O4/c13-7-4-8(18-1-2-23-10(5-18)11(17)20)9(19(21)22)3-6(7)12(14,15)16/h3-4,10H,1-2,5H2,(H2,17,20). The summed E-state index contributed by atoms with van der Waals surface area (Å²) in [5, 5.41) is 10.4. The predicted molar refractivity (Wildman–Crippen MR) is 74.3 cm³/mol. The molecule has 1 atom stereocenters. The van der Waals surface area contributed by atoms with Gasteiger partial charge in [0.2, 0.25) is 5.91 Å². The van der Waals surface area contributed by atoms with Gasteiger partial charge in [-0.2, -0.15) is 13.2 Å². The highest BCUT2D eigenvalue weighted by atomic mass is 35.5. The number of hydrogen-bond donors (Lipinski definition) is 1. The summed E-state index contributed by atoms with van der Waals surface area (Å²) in [6.07, 6.45) is -5.83. The van der Waals surface area contributed by atoms with E-state index in [0.717, 1.165) is 6.07 Å². The van der Waals surface area contributed by atoms with Gasteiger partial charge in [0.25, 0.3) is 5.69 Å². The Morgan fingerprint density at radius 2 is 2.13 bits per heavy atom. The van der Waals surface area contributed by atoms with Crippen LogP contribution in [0.25, 0.3) is 0 Å². The molecule has 0 radical (unpaired) electrons. The van der Waals surface area contributed by atoms with Crippen LogP contribution in [0.1, 0.15) is 5.56 Å². The van der Waals surface area contributed by atoms with Crippen molar-refractivity contribution in [2.45, 2.75) is 12.3 Å². The van der Waals surface area contributed by atoms with E-state index >= 15 is 0 Å². The van der Waals surface area contributed by atoms with Crippen molar-refractivity contribution in [3.8, 4) is 0 Å². The zero-order valence-corrected chi connectivity index (χ0v) is 12.2. The number of rotatable bonds is 3. The van der Waals surface area contributed by atoms with E-state index in [4.69, 9.17) is 22.1 Å². The molecule has 2 N–H and O–H groups in total. The quantitative estimate of drug-likeness (QED) is 0.661. The Balaban J connectivity index is 2.47. The van der Waals surface area contributed by atoms with Crippen LogP contribution in [0.2, 0.25) is 5.02 Å². The van der Waals surface area contributed by atoms with Gasteiger partial charge in [-0.25, -0.2) is 0 Å². The number of nitro groups is 1. The van der Waals surface area contributed by atoms with E-state index in [1.165, 1.54) is 4.90 Å². The molecule has 7 nitrogen and oxygen atoms in total. The molecule has 1 aromatic carbocycles. The summed E-state index contributed by atoms with van der Waals surface area (Å²) in [6, 6.07) is 1.25. The number of benzene rings is 1. The molecular formula is C12H11ClF3N3O4. The van der Waals surface area contributed by atoms with Crippen LogP contribution >= 0.6 is 11.6 Å². The highest BCUT2D eigenvalue weighted by molar-refractivity contribution is 6.31. The number of morpholine rings is 1. The maximum absolute atomic E-state index is 12.8. The Morgan fingerprint density at radius 3 is 2.65 bits per heavy atom. The van der Waals surface area contributed by atoms with Crippen molar-refractivity contribution >= 4 is 28.9 Å². The SMILES string of the molecule is NC(=O)C1CN(c2cc(Cl)c(C(F)(F)F)cc2[N+](=O)[O-])CCO1. The van der Waals surface area contributed by atoms with Crippen molar-refractivity contribution in [1.82, 2.24) is 0 Å². The molecule has 1 aliphatic heterocycles. The number of nitrogens with zero attached hydrogens (tertiary/aromatic N) is 2. The molecule has 23 heavy (non-hydrogen) atoms. The summed E-state index contributed by atoms with van der Waals surface area (Å²) in [5.74, 6) is -0.768. The molecule has 0 aliphatic carbocycles. The number of primary amides is 1. The topological polar surface area (TPSA) is 98.7 Å². The predicted octanol–water partition coefficient (Wildman–Crippen LogP) is 1.96. The minimum atomic E-state index is -4.82. The van der Waals surface area contributed by atoms with Crippen LogP contribution < -0.4 is 10.6 Å². The Bertz CT molecular complexity index is 653. The van der Waals surface area contributed by atoms with Crippen LogP contribution in [0.3, 0.4) is 0 Å². The summed E-state index contributed by atoms with van der Waals surface area (Å²) < 4.78 is 43.6. The van der Waals surface area contributed by atoms with Crippen LogP contribution in [0.5, 0.6) is 0 Å². The molecule has 1 saturated heterocycles. The van der Waals surface area contributed by atoms with Gasteiger partial charge in [-0.3, -0.25) is 14.9 Å². The van der Waals surface area contributed by atoms with Crippen LogP contribution in [-0.4, -0.2) is 36.6 Å². The Kier molecular flexibility index (Phi) is 4.66. The third-order valence-corrected chi connectivity index (χ3v) is 3.60. The summed E-state index contributed by atoms with van der Waals surface area (Å²) in [6.45, 7) is 0.0770. The molecule has 1 aromatic rings. The molecule has 0 aromatic heterocycles. The number of amides is 1. The van der Waals surface area contributed by atoms with E-state index in [1.54, 1.807) is 0 Å². The van der Waals surface area contributed by atoms with E-state index in [9.17, 15) is 28.1 Å². The molecule has 1 unspecified atom stereocenters. The van der Waals surface area contributed by atoms with Gasteiger partial charge < -0.3 is 15.4 Å². The van der Waals surface area contributed by atoms with Crippen molar-refractivity contribution in [1.29, 1.82) is 0 Å². The molecule has 126 valence electrons. The number of carbonyl (C=O) groups is 1. The number of carbonyl (C=O) groups excluding carboxylic acids is 1. The highest BCUT2D eigenvalue weighted by Crippen LogP contribution is 2.41. The van der Waals surface area contributed by atoms with Gasteiger partial charge in [0.15, 0.2) is 6.10 Å². The fourth-order valence-corrected chi connectivity index (χ4v) is 2.47. The number of halogens is 4. The van der Waals surface area contributed by atoms with Gasteiger partial charge in [-0.1, -0.05) is 11.6 Å². The van der Waals surface area contributed by atoms with Crippen molar-refractivity contribution in [3.63, 3.8) is 0 Å².